The van der Waals surface area contributed by atoms with Crippen molar-refractivity contribution in [1.82, 2.24) is 19.5 Å². The summed E-state index contributed by atoms with van der Waals surface area (Å²) >= 11 is 0. The maximum atomic E-state index is 9.69. The average molecular weight is 689 g/mol. The fraction of sp³-hybridized carbons (Fsp3) is 0.255. The summed E-state index contributed by atoms with van der Waals surface area (Å²) in [5.74, 6) is 3.91. The van der Waals surface area contributed by atoms with Gasteiger partial charge in [-0.1, -0.05) is 74.9 Å². The van der Waals surface area contributed by atoms with E-state index in [9.17, 15) is 10.5 Å². The zero-order valence-corrected chi connectivity index (χ0v) is 30.1. The quantitative estimate of drug-likeness (QED) is 0.173. The largest absolute Gasteiger partial charge is 0.309 e. The van der Waals surface area contributed by atoms with Gasteiger partial charge in [0.05, 0.1) is 34.3 Å². The normalized spacial score (nSPS) is 20.9. The van der Waals surface area contributed by atoms with Gasteiger partial charge in [0, 0.05) is 33.2 Å². The Morgan fingerprint density at radius 3 is 2.17 bits per heavy atom. The fourth-order valence-electron chi connectivity index (χ4n) is 9.76. The minimum absolute atomic E-state index is 0.262. The number of hydrogen-bond donors (Lipinski definition) is 0. The monoisotopic (exact) mass is 688 g/mol. The van der Waals surface area contributed by atoms with Gasteiger partial charge in [-0.3, -0.25) is 0 Å². The van der Waals surface area contributed by atoms with E-state index in [1.807, 2.05) is 30.3 Å². The van der Waals surface area contributed by atoms with Crippen LogP contribution in [0.25, 0.3) is 61.7 Å². The van der Waals surface area contributed by atoms with Crippen LogP contribution in [0.3, 0.4) is 0 Å². The number of benzene rings is 5. The summed E-state index contributed by atoms with van der Waals surface area (Å²) < 4.78 is 2.37. The predicted octanol–water partition coefficient (Wildman–Crippen LogP) is 11.2. The summed E-state index contributed by atoms with van der Waals surface area (Å²) in [5.41, 5.74) is 8.51. The molecule has 7 aromatic rings. The molecule has 2 aliphatic rings. The first-order valence-electron chi connectivity index (χ1n) is 18.9. The Kier molecular flexibility index (Phi) is 8.13. The maximum absolute atomic E-state index is 9.69. The Balaban J connectivity index is 1.23. The van der Waals surface area contributed by atoms with Crippen LogP contribution in [0.5, 0.6) is 0 Å². The molecular weight excluding hydrogens is 649 g/mol. The van der Waals surface area contributed by atoms with E-state index in [4.69, 9.17) is 15.0 Å². The molecule has 2 heterocycles. The second-order valence-electron chi connectivity index (χ2n) is 15.4. The Morgan fingerprint density at radius 1 is 0.679 bits per heavy atom. The summed E-state index contributed by atoms with van der Waals surface area (Å²) in [4.78, 5) is 15.1. The summed E-state index contributed by atoms with van der Waals surface area (Å²) in [6.07, 6.45) is 7.91. The van der Waals surface area contributed by atoms with Gasteiger partial charge in [0.15, 0.2) is 17.5 Å². The van der Waals surface area contributed by atoms with Crippen LogP contribution in [-0.4, -0.2) is 19.5 Å². The number of hydrogen-bond acceptors (Lipinski definition) is 5. The second kappa shape index (κ2) is 13.1. The third kappa shape index (κ3) is 5.76. The number of para-hydroxylation sites is 2. The Labute approximate surface area is 310 Å². The van der Waals surface area contributed by atoms with Crippen molar-refractivity contribution in [2.24, 2.45) is 17.8 Å². The number of aromatic nitrogens is 4. The van der Waals surface area contributed by atoms with Crippen molar-refractivity contribution in [3.8, 4) is 52.0 Å². The molecule has 1 unspecified atom stereocenters. The van der Waals surface area contributed by atoms with Gasteiger partial charge in [0.1, 0.15) is 0 Å². The molecule has 0 radical (unpaired) electrons. The molecule has 4 atom stereocenters. The van der Waals surface area contributed by atoms with Gasteiger partial charge in [-0.05, 0) is 121 Å². The van der Waals surface area contributed by atoms with E-state index in [1.165, 1.54) is 44.1 Å². The van der Waals surface area contributed by atoms with Crippen LogP contribution in [0, 0.1) is 40.4 Å². The molecule has 6 nitrogen and oxygen atoms in total. The van der Waals surface area contributed by atoms with E-state index in [0.29, 0.717) is 28.6 Å². The zero-order valence-electron chi connectivity index (χ0n) is 30.1. The minimum atomic E-state index is 0.262. The van der Waals surface area contributed by atoms with E-state index < -0.39 is 0 Å². The van der Waals surface area contributed by atoms with E-state index in [2.05, 4.69) is 97.3 Å². The molecule has 6 heteroatoms. The van der Waals surface area contributed by atoms with Crippen LogP contribution in [0.15, 0.2) is 115 Å². The van der Waals surface area contributed by atoms with E-state index in [-0.39, 0.29) is 5.41 Å². The molecule has 258 valence electrons. The van der Waals surface area contributed by atoms with Crippen molar-refractivity contribution in [2.75, 3.05) is 0 Å². The van der Waals surface area contributed by atoms with Gasteiger partial charge < -0.3 is 4.57 Å². The molecule has 0 saturated heterocycles. The molecule has 0 aliphatic heterocycles. The smallest absolute Gasteiger partial charge is 0.166 e. The van der Waals surface area contributed by atoms with Crippen LogP contribution in [0.4, 0.5) is 0 Å². The van der Waals surface area contributed by atoms with Gasteiger partial charge in [0.2, 0.25) is 0 Å². The van der Waals surface area contributed by atoms with E-state index in [0.717, 1.165) is 61.9 Å². The van der Waals surface area contributed by atoms with Crippen molar-refractivity contribution in [3.05, 3.63) is 132 Å². The lowest BCUT2D eigenvalue weighted by Gasteiger charge is -2.51. The molecule has 2 aliphatic carbocycles. The van der Waals surface area contributed by atoms with Crippen molar-refractivity contribution in [2.45, 2.75) is 57.8 Å². The highest BCUT2D eigenvalue weighted by Crippen LogP contribution is 2.55. The topological polar surface area (TPSA) is 91.2 Å². The van der Waals surface area contributed by atoms with E-state index >= 15 is 0 Å². The highest BCUT2D eigenvalue weighted by atomic mass is 15.0. The molecule has 53 heavy (non-hydrogen) atoms. The predicted molar refractivity (Wildman–Crippen MR) is 211 cm³/mol. The number of nitriles is 2. The molecule has 0 amide bonds. The lowest BCUT2D eigenvalue weighted by molar-refractivity contribution is 0.0702. The fourth-order valence-corrected chi connectivity index (χ4v) is 9.76. The average Bonchev–Trinajstić information content (AvgIpc) is 3.55. The molecular formula is C47H40N6. The number of nitrogens with zero attached hydrogens (tertiary/aromatic N) is 6. The first-order chi connectivity index (χ1) is 25.9. The van der Waals surface area contributed by atoms with Gasteiger partial charge in [-0.2, -0.15) is 10.5 Å². The van der Waals surface area contributed by atoms with Crippen molar-refractivity contribution in [3.63, 3.8) is 0 Å². The van der Waals surface area contributed by atoms with Crippen molar-refractivity contribution >= 4 is 21.8 Å². The van der Waals surface area contributed by atoms with Crippen LogP contribution in [0.2, 0.25) is 0 Å². The molecule has 9 rings (SSSR count). The molecule has 5 aromatic carbocycles. The number of rotatable bonds is 6. The SMILES string of the molecule is CC[C@@H]1C[C@@H]2C[C@H](C)CC(c3ccc(-n4c5ccccc5c5cccc(-c6nc(-c7ccc(C#N)cc7)nc(-c7cccc(C#N)c7)n6)c54)cc3)(C1)C2. The first kappa shape index (κ1) is 32.8. The standard InChI is InChI=1S/C47H40N6/c1-3-31-23-34-22-30(2)25-47(26-31,27-34)37-18-20-38(21-19-37)53-42-13-5-4-10-39(42)40-11-7-12-41(43(40)53)46-51-44(35-16-14-32(28-48)15-17-35)50-45(52-46)36-9-6-8-33(24-36)29-49/h4-21,24,30-31,34H,3,22-23,25-27H2,1-2H3/t30-,31+,34-,47?/m0/s1. The summed E-state index contributed by atoms with van der Waals surface area (Å²) in [7, 11) is 0. The van der Waals surface area contributed by atoms with E-state index in [1.54, 1.807) is 18.2 Å². The van der Waals surface area contributed by atoms with Gasteiger partial charge in [-0.15, -0.1) is 0 Å². The first-order valence-corrected chi connectivity index (χ1v) is 18.9. The van der Waals surface area contributed by atoms with Gasteiger partial charge >= 0.3 is 0 Å². The summed E-state index contributed by atoms with van der Waals surface area (Å²) in [5, 5.41) is 21.4. The summed E-state index contributed by atoms with van der Waals surface area (Å²) in [6, 6.07) is 43.5. The molecule has 0 spiro atoms. The van der Waals surface area contributed by atoms with Crippen molar-refractivity contribution < 1.29 is 0 Å². The maximum Gasteiger partial charge on any atom is 0.166 e. The summed E-state index contributed by atoms with van der Waals surface area (Å²) in [6.45, 7) is 4.83. The Hall–Kier alpha value is -6.11. The third-order valence-electron chi connectivity index (χ3n) is 11.9. The zero-order chi connectivity index (χ0) is 36.1. The third-order valence-corrected chi connectivity index (χ3v) is 11.9. The second-order valence-corrected chi connectivity index (χ2v) is 15.4. The van der Waals surface area contributed by atoms with Crippen molar-refractivity contribution in [1.29, 1.82) is 10.5 Å². The van der Waals surface area contributed by atoms with Gasteiger partial charge in [-0.25, -0.2) is 15.0 Å². The van der Waals surface area contributed by atoms with Gasteiger partial charge in [0.25, 0.3) is 0 Å². The molecule has 2 bridgehead atoms. The highest BCUT2D eigenvalue weighted by molar-refractivity contribution is 6.13. The van der Waals surface area contributed by atoms with Crippen LogP contribution >= 0.6 is 0 Å². The number of fused-ring (bicyclic) bond motifs is 5. The Morgan fingerprint density at radius 2 is 1.40 bits per heavy atom. The minimum Gasteiger partial charge on any atom is -0.309 e. The van der Waals surface area contributed by atoms with Crippen LogP contribution in [-0.2, 0) is 5.41 Å². The molecule has 0 N–H and O–H groups in total. The molecule has 2 fully saturated rings. The highest BCUT2D eigenvalue weighted by Gasteiger charge is 2.45. The molecule has 2 aromatic heterocycles. The van der Waals surface area contributed by atoms with Crippen LogP contribution in [0.1, 0.15) is 69.1 Å². The Bertz CT molecular complexity index is 2580. The lowest BCUT2D eigenvalue weighted by Crippen LogP contribution is -2.42. The molecule has 2 saturated carbocycles. The lowest BCUT2D eigenvalue weighted by atomic mass is 9.54. The van der Waals surface area contributed by atoms with Crippen LogP contribution < -0.4 is 0 Å².